The van der Waals surface area contributed by atoms with Crippen LogP contribution in [0, 0.1) is 17.7 Å². The topological polar surface area (TPSA) is 66.5 Å². The zero-order chi connectivity index (χ0) is 19.4. The third kappa shape index (κ3) is 4.75. The van der Waals surface area contributed by atoms with Crippen molar-refractivity contribution < 1.29 is 17.6 Å². The van der Waals surface area contributed by atoms with Gasteiger partial charge < -0.3 is 5.32 Å². The maximum absolute atomic E-state index is 13.2. The molecule has 0 unspecified atom stereocenters. The minimum atomic E-state index is -3.42. The van der Waals surface area contributed by atoms with Crippen molar-refractivity contribution >= 4 is 27.3 Å². The summed E-state index contributed by atoms with van der Waals surface area (Å²) in [5, 5.41) is 4.61. The molecule has 8 heteroatoms. The van der Waals surface area contributed by atoms with Crippen LogP contribution in [0.2, 0.25) is 0 Å². The molecule has 5 nitrogen and oxygen atoms in total. The van der Waals surface area contributed by atoms with Gasteiger partial charge in [0.2, 0.25) is 5.91 Å². The van der Waals surface area contributed by atoms with Crippen LogP contribution < -0.4 is 5.32 Å². The lowest BCUT2D eigenvalue weighted by atomic mass is 9.85. The van der Waals surface area contributed by atoms with Crippen LogP contribution in [0.5, 0.6) is 0 Å². The number of hydrogen-bond acceptors (Lipinski definition) is 4. The molecule has 27 heavy (non-hydrogen) atoms. The molecule has 0 aliphatic carbocycles. The molecule has 1 aliphatic rings. The van der Waals surface area contributed by atoms with Gasteiger partial charge in [-0.05, 0) is 47.9 Å². The molecule has 1 amide bonds. The molecule has 1 aliphatic heterocycles. The van der Waals surface area contributed by atoms with E-state index in [0.717, 1.165) is 0 Å². The summed E-state index contributed by atoms with van der Waals surface area (Å²) in [6.07, 6.45) is 1.30. The van der Waals surface area contributed by atoms with Crippen LogP contribution in [-0.2, 0) is 21.4 Å². The van der Waals surface area contributed by atoms with Crippen molar-refractivity contribution in [2.75, 3.05) is 13.1 Å². The molecule has 0 bridgehead atoms. The SMILES string of the molecule is C[C@@H](C(=O)NCc1cccc(F)c1)C1CCN(S(=O)(=O)c2cccs2)CC1. The lowest BCUT2D eigenvalue weighted by Crippen LogP contribution is -2.42. The van der Waals surface area contributed by atoms with Gasteiger partial charge in [0.15, 0.2) is 0 Å². The van der Waals surface area contributed by atoms with Gasteiger partial charge in [0.05, 0.1) is 0 Å². The first kappa shape index (κ1) is 20.0. The predicted octanol–water partition coefficient (Wildman–Crippen LogP) is 3.24. The van der Waals surface area contributed by atoms with E-state index in [4.69, 9.17) is 0 Å². The summed E-state index contributed by atoms with van der Waals surface area (Å²) in [5.41, 5.74) is 0.715. The molecule has 1 atom stereocenters. The van der Waals surface area contributed by atoms with Gasteiger partial charge in [-0.3, -0.25) is 4.79 Å². The number of carbonyl (C=O) groups excluding carboxylic acids is 1. The second kappa shape index (κ2) is 8.50. The number of sulfonamides is 1. The van der Waals surface area contributed by atoms with E-state index in [9.17, 15) is 17.6 Å². The van der Waals surface area contributed by atoms with Gasteiger partial charge in [-0.1, -0.05) is 25.1 Å². The van der Waals surface area contributed by atoms with Crippen molar-refractivity contribution in [3.63, 3.8) is 0 Å². The average molecular weight is 411 g/mol. The predicted molar refractivity (Wildman–Crippen MR) is 103 cm³/mol. The standard InChI is InChI=1S/C19H23FN2O3S2/c1-14(19(23)21-13-15-4-2-5-17(20)12-15)16-7-9-22(10-8-16)27(24,25)18-6-3-11-26-18/h2-6,11-12,14,16H,7-10,13H2,1H3,(H,21,23)/t14-/m1/s1. The molecule has 1 aromatic heterocycles. The largest absolute Gasteiger partial charge is 0.352 e. The van der Waals surface area contributed by atoms with Crippen molar-refractivity contribution in [2.24, 2.45) is 11.8 Å². The van der Waals surface area contributed by atoms with Crippen LogP contribution in [0.4, 0.5) is 4.39 Å². The lowest BCUT2D eigenvalue weighted by molar-refractivity contribution is -0.126. The van der Waals surface area contributed by atoms with Gasteiger partial charge in [-0.2, -0.15) is 4.31 Å². The number of hydrogen-bond donors (Lipinski definition) is 1. The first-order valence-electron chi connectivity index (χ1n) is 8.94. The number of carbonyl (C=O) groups is 1. The van der Waals surface area contributed by atoms with E-state index in [1.54, 1.807) is 29.6 Å². The molecule has 0 spiro atoms. The van der Waals surface area contributed by atoms with Crippen LogP contribution in [0.1, 0.15) is 25.3 Å². The number of thiophene rings is 1. The highest BCUT2D eigenvalue weighted by atomic mass is 32.2. The molecule has 146 valence electrons. The van der Waals surface area contributed by atoms with Gasteiger partial charge in [-0.25, -0.2) is 12.8 Å². The number of rotatable bonds is 6. The van der Waals surface area contributed by atoms with Gasteiger partial charge in [0, 0.05) is 25.6 Å². The third-order valence-electron chi connectivity index (χ3n) is 5.06. The number of piperidine rings is 1. The van der Waals surface area contributed by atoms with E-state index in [2.05, 4.69) is 5.32 Å². The molecule has 2 aromatic rings. The molecule has 1 aromatic carbocycles. The molecule has 3 rings (SSSR count). The van der Waals surface area contributed by atoms with Crippen molar-refractivity contribution in [3.05, 3.63) is 53.2 Å². The first-order valence-corrected chi connectivity index (χ1v) is 11.3. The van der Waals surface area contributed by atoms with Crippen LogP contribution >= 0.6 is 11.3 Å². The van der Waals surface area contributed by atoms with Crippen molar-refractivity contribution in [1.29, 1.82) is 0 Å². The number of benzene rings is 1. The Hall–Kier alpha value is -1.77. The maximum atomic E-state index is 13.2. The summed E-state index contributed by atoms with van der Waals surface area (Å²) in [7, 11) is -3.42. The van der Waals surface area contributed by atoms with Gasteiger partial charge >= 0.3 is 0 Å². The molecule has 1 saturated heterocycles. The summed E-state index contributed by atoms with van der Waals surface area (Å²) in [4.78, 5) is 12.4. The van der Waals surface area contributed by atoms with Gasteiger partial charge in [-0.15, -0.1) is 11.3 Å². The number of nitrogens with zero attached hydrogens (tertiary/aromatic N) is 1. The Morgan fingerprint density at radius 3 is 2.67 bits per heavy atom. The third-order valence-corrected chi connectivity index (χ3v) is 8.34. The number of halogens is 1. The molecule has 2 heterocycles. The van der Waals surface area contributed by atoms with E-state index in [1.807, 2.05) is 6.92 Å². The molecular weight excluding hydrogens is 387 g/mol. The van der Waals surface area contributed by atoms with E-state index in [1.165, 1.54) is 27.8 Å². The Kier molecular flexibility index (Phi) is 6.29. The molecule has 1 fully saturated rings. The summed E-state index contributed by atoms with van der Waals surface area (Å²) < 4.78 is 40.2. The quantitative estimate of drug-likeness (QED) is 0.795. The average Bonchev–Trinajstić information content (AvgIpc) is 3.21. The molecule has 0 radical (unpaired) electrons. The van der Waals surface area contributed by atoms with Crippen molar-refractivity contribution in [2.45, 2.75) is 30.5 Å². The Balaban J connectivity index is 1.52. The van der Waals surface area contributed by atoms with E-state index in [-0.39, 0.29) is 30.1 Å². The summed E-state index contributed by atoms with van der Waals surface area (Å²) in [6, 6.07) is 9.50. The molecule has 0 saturated carbocycles. The van der Waals surface area contributed by atoms with Crippen LogP contribution in [-0.4, -0.2) is 31.7 Å². The smallest absolute Gasteiger partial charge is 0.252 e. The Morgan fingerprint density at radius 2 is 2.04 bits per heavy atom. The number of nitrogens with one attached hydrogen (secondary N) is 1. The monoisotopic (exact) mass is 410 g/mol. The molecule has 1 N–H and O–H groups in total. The maximum Gasteiger partial charge on any atom is 0.252 e. The summed E-state index contributed by atoms with van der Waals surface area (Å²) >= 11 is 1.22. The zero-order valence-corrected chi connectivity index (χ0v) is 16.7. The fourth-order valence-corrected chi connectivity index (χ4v) is 5.98. The van der Waals surface area contributed by atoms with Gasteiger partial charge in [0.1, 0.15) is 10.0 Å². The van der Waals surface area contributed by atoms with Crippen LogP contribution in [0.3, 0.4) is 0 Å². The number of amides is 1. The normalized spacial score (nSPS) is 17.6. The highest BCUT2D eigenvalue weighted by molar-refractivity contribution is 7.91. The minimum absolute atomic E-state index is 0.0844. The van der Waals surface area contributed by atoms with E-state index in [0.29, 0.717) is 35.7 Å². The first-order chi connectivity index (χ1) is 12.9. The second-order valence-corrected chi connectivity index (χ2v) is 9.92. The fourth-order valence-electron chi connectivity index (χ4n) is 3.36. The van der Waals surface area contributed by atoms with E-state index >= 15 is 0 Å². The Morgan fingerprint density at radius 1 is 1.30 bits per heavy atom. The van der Waals surface area contributed by atoms with Crippen LogP contribution in [0.25, 0.3) is 0 Å². The fraction of sp³-hybridized carbons (Fsp3) is 0.421. The van der Waals surface area contributed by atoms with Crippen molar-refractivity contribution in [1.82, 2.24) is 9.62 Å². The van der Waals surface area contributed by atoms with Crippen LogP contribution in [0.15, 0.2) is 46.0 Å². The lowest BCUT2D eigenvalue weighted by Gasteiger charge is -2.33. The summed E-state index contributed by atoms with van der Waals surface area (Å²) in [6.45, 7) is 3.00. The van der Waals surface area contributed by atoms with Crippen molar-refractivity contribution in [3.8, 4) is 0 Å². The Bertz CT molecular complexity index is 876. The molecular formula is C19H23FN2O3S2. The zero-order valence-electron chi connectivity index (χ0n) is 15.1. The van der Waals surface area contributed by atoms with E-state index < -0.39 is 10.0 Å². The second-order valence-electron chi connectivity index (χ2n) is 6.81. The highest BCUT2D eigenvalue weighted by Crippen LogP contribution is 2.29. The minimum Gasteiger partial charge on any atom is -0.352 e. The van der Waals surface area contributed by atoms with Gasteiger partial charge in [0.25, 0.3) is 10.0 Å². The Labute approximate surface area is 163 Å². The summed E-state index contributed by atoms with van der Waals surface area (Å²) in [5.74, 6) is -0.495. The highest BCUT2D eigenvalue weighted by Gasteiger charge is 2.33.